The molecule has 8 heteroatoms. The lowest BCUT2D eigenvalue weighted by Gasteiger charge is -2.07. The number of anilines is 1. The lowest BCUT2D eigenvalue weighted by molar-refractivity contribution is -0.384. The summed E-state index contributed by atoms with van der Waals surface area (Å²) in [6, 6.07) is 13.4. The largest absolute Gasteiger partial charge is 0.326 e. The molecule has 2 rings (SSSR count). The molecule has 0 aromatic heterocycles. The molecule has 0 aliphatic heterocycles. The van der Waals surface area contributed by atoms with Gasteiger partial charge in [-0.25, -0.2) is 5.48 Å². The number of para-hydroxylation sites is 1. The number of hydrogen-bond donors (Lipinski definition) is 3. The summed E-state index contributed by atoms with van der Waals surface area (Å²) in [6.45, 7) is 0. The predicted octanol–water partition coefficient (Wildman–Crippen LogP) is 4.05. The number of nitrogens with zero attached hydrogens (tertiary/aromatic N) is 1. The Balaban J connectivity index is 1.80. The molecule has 0 radical (unpaired) electrons. The second kappa shape index (κ2) is 10.8. The maximum absolute atomic E-state index is 12.0. The average Bonchev–Trinajstić information content (AvgIpc) is 2.70. The summed E-state index contributed by atoms with van der Waals surface area (Å²) < 4.78 is 0. The van der Waals surface area contributed by atoms with E-state index < -0.39 is 10.8 Å². The van der Waals surface area contributed by atoms with Crippen LogP contribution in [0.15, 0.2) is 48.5 Å². The van der Waals surface area contributed by atoms with E-state index in [9.17, 15) is 19.7 Å². The number of nitro benzene ring substituents is 1. The van der Waals surface area contributed by atoms with Gasteiger partial charge in [-0.15, -0.1) is 0 Å². The van der Waals surface area contributed by atoms with Crippen LogP contribution < -0.4 is 10.8 Å². The molecular weight excluding hydrogens is 362 g/mol. The topological polar surface area (TPSA) is 122 Å². The number of amides is 2. The Morgan fingerprint density at radius 2 is 1.50 bits per heavy atom. The molecule has 0 spiro atoms. The Morgan fingerprint density at radius 3 is 2.11 bits per heavy atom. The van der Waals surface area contributed by atoms with Gasteiger partial charge in [0.2, 0.25) is 11.8 Å². The highest BCUT2D eigenvalue weighted by Gasteiger charge is 2.14. The van der Waals surface area contributed by atoms with Gasteiger partial charge in [-0.1, -0.05) is 37.1 Å². The molecule has 2 amide bonds. The molecule has 0 atom stereocenters. The fourth-order valence-corrected chi connectivity index (χ4v) is 2.81. The first-order chi connectivity index (χ1) is 13.5. The van der Waals surface area contributed by atoms with Crippen molar-refractivity contribution in [1.29, 1.82) is 0 Å². The van der Waals surface area contributed by atoms with Crippen LogP contribution in [0.25, 0.3) is 11.1 Å². The summed E-state index contributed by atoms with van der Waals surface area (Å²) in [5.74, 6) is -0.506. The van der Waals surface area contributed by atoms with Crippen molar-refractivity contribution in [3.8, 4) is 11.1 Å². The van der Waals surface area contributed by atoms with E-state index >= 15 is 0 Å². The molecule has 0 saturated heterocycles. The molecule has 0 bridgehead atoms. The zero-order valence-electron chi connectivity index (χ0n) is 15.4. The van der Waals surface area contributed by atoms with E-state index in [1.807, 2.05) is 0 Å². The van der Waals surface area contributed by atoms with Crippen molar-refractivity contribution in [2.75, 3.05) is 5.32 Å². The van der Waals surface area contributed by atoms with Crippen LogP contribution in [0.5, 0.6) is 0 Å². The van der Waals surface area contributed by atoms with Crippen molar-refractivity contribution in [3.05, 3.63) is 58.6 Å². The first-order valence-corrected chi connectivity index (χ1v) is 9.08. The summed E-state index contributed by atoms with van der Waals surface area (Å²) in [5.41, 5.74) is 3.49. The minimum absolute atomic E-state index is 0.0377. The van der Waals surface area contributed by atoms with Crippen LogP contribution in [-0.2, 0) is 9.59 Å². The van der Waals surface area contributed by atoms with Gasteiger partial charge in [0.15, 0.2) is 0 Å². The summed E-state index contributed by atoms with van der Waals surface area (Å²) in [5, 5.41) is 22.3. The first kappa shape index (κ1) is 21.0. The van der Waals surface area contributed by atoms with E-state index in [0.29, 0.717) is 36.1 Å². The summed E-state index contributed by atoms with van der Waals surface area (Å²) in [4.78, 5) is 33.6. The van der Waals surface area contributed by atoms with Crippen LogP contribution in [0.2, 0.25) is 0 Å². The van der Waals surface area contributed by atoms with E-state index in [1.54, 1.807) is 47.9 Å². The zero-order chi connectivity index (χ0) is 20.4. The normalized spacial score (nSPS) is 10.3. The quantitative estimate of drug-likeness (QED) is 0.246. The van der Waals surface area contributed by atoms with Gasteiger partial charge in [-0.3, -0.25) is 24.9 Å². The maximum atomic E-state index is 12.0. The van der Waals surface area contributed by atoms with E-state index in [4.69, 9.17) is 5.21 Å². The van der Waals surface area contributed by atoms with Crippen molar-refractivity contribution >= 4 is 23.2 Å². The molecule has 0 unspecified atom stereocenters. The van der Waals surface area contributed by atoms with Crippen molar-refractivity contribution in [3.63, 3.8) is 0 Å². The molecule has 3 N–H and O–H groups in total. The standard InChI is InChI=1S/C20H23N3O5/c24-19(9-3-1-2-4-10-20(25)22-26)21-16-13-11-15(12-14-16)17-7-5-6-8-18(17)23(27)28/h5-8,11-14,26H,1-4,9-10H2,(H,21,24)(H,22,25). The van der Waals surface area contributed by atoms with Crippen molar-refractivity contribution in [2.24, 2.45) is 0 Å². The van der Waals surface area contributed by atoms with Gasteiger partial charge < -0.3 is 5.32 Å². The Hall–Kier alpha value is -3.26. The maximum Gasteiger partial charge on any atom is 0.277 e. The Bertz CT molecular complexity index is 821. The SMILES string of the molecule is O=C(CCCCCCC(=O)Nc1ccc(-c2ccccc2[N+](=O)[O-])cc1)NO. The van der Waals surface area contributed by atoms with E-state index in [2.05, 4.69) is 5.32 Å². The number of hydroxylamine groups is 1. The van der Waals surface area contributed by atoms with E-state index in [0.717, 1.165) is 12.8 Å². The molecule has 0 fully saturated rings. The van der Waals surface area contributed by atoms with Gasteiger partial charge in [-0.2, -0.15) is 0 Å². The van der Waals surface area contributed by atoms with Gasteiger partial charge >= 0.3 is 0 Å². The zero-order valence-corrected chi connectivity index (χ0v) is 15.4. The summed E-state index contributed by atoms with van der Waals surface area (Å²) in [7, 11) is 0. The average molecular weight is 385 g/mol. The number of carbonyl (C=O) groups excluding carboxylic acids is 2. The highest BCUT2D eigenvalue weighted by molar-refractivity contribution is 5.91. The summed E-state index contributed by atoms with van der Waals surface area (Å²) in [6.07, 6.45) is 3.66. The predicted molar refractivity (Wildman–Crippen MR) is 105 cm³/mol. The number of carbonyl (C=O) groups is 2. The monoisotopic (exact) mass is 385 g/mol. The van der Waals surface area contributed by atoms with E-state index in [1.165, 1.54) is 6.07 Å². The van der Waals surface area contributed by atoms with Crippen LogP contribution >= 0.6 is 0 Å². The van der Waals surface area contributed by atoms with Gasteiger partial charge in [0.25, 0.3) is 5.69 Å². The van der Waals surface area contributed by atoms with Crippen LogP contribution in [0, 0.1) is 10.1 Å². The van der Waals surface area contributed by atoms with E-state index in [-0.39, 0.29) is 18.0 Å². The minimum Gasteiger partial charge on any atom is -0.326 e. The molecule has 148 valence electrons. The number of nitro groups is 1. The lowest BCUT2D eigenvalue weighted by atomic mass is 10.0. The van der Waals surface area contributed by atoms with Crippen molar-refractivity contribution < 1.29 is 19.7 Å². The second-order valence-corrected chi connectivity index (χ2v) is 6.35. The third-order valence-corrected chi connectivity index (χ3v) is 4.26. The molecule has 0 aliphatic carbocycles. The number of unbranched alkanes of at least 4 members (excludes halogenated alkanes) is 3. The number of hydrogen-bond acceptors (Lipinski definition) is 5. The molecule has 2 aromatic rings. The van der Waals surface area contributed by atoms with Gasteiger partial charge in [-0.05, 0) is 36.6 Å². The smallest absolute Gasteiger partial charge is 0.277 e. The highest BCUT2D eigenvalue weighted by atomic mass is 16.6. The minimum atomic E-state index is -0.415. The third-order valence-electron chi connectivity index (χ3n) is 4.26. The van der Waals surface area contributed by atoms with Crippen molar-refractivity contribution in [1.82, 2.24) is 5.48 Å². The molecule has 28 heavy (non-hydrogen) atoms. The lowest BCUT2D eigenvalue weighted by Crippen LogP contribution is -2.17. The van der Waals surface area contributed by atoms with Crippen LogP contribution in [0.4, 0.5) is 11.4 Å². The molecule has 0 aliphatic rings. The molecular formula is C20H23N3O5. The molecule has 0 saturated carbocycles. The highest BCUT2D eigenvalue weighted by Crippen LogP contribution is 2.30. The third kappa shape index (κ3) is 6.48. The van der Waals surface area contributed by atoms with Gasteiger partial charge in [0.1, 0.15) is 0 Å². The number of benzene rings is 2. The molecule has 2 aromatic carbocycles. The Morgan fingerprint density at radius 1 is 0.893 bits per heavy atom. The fourth-order valence-electron chi connectivity index (χ4n) is 2.81. The fraction of sp³-hybridized carbons (Fsp3) is 0.300. The Labute approximate surface area is 162 Å². The van der Waals surface area contributed by atoms with Crippen molar-refractivity contribution in [2.45, 2.75) is 38.5 Å². The second-order valence-electron chi connectivity index (χ2n) is 6.35. The Kier molecular flexibility index (Phi) is 8.11. The number of rotatable bonds is 10. The first-order valence-electron chi connectivity index (χ1n) is 9.08. The molecule has 8 nitrogen and oxygen atoms in total. The van der Waals surface area contributed by atoms with Gasteiger partial charge in [0, 0.05) is 24.6 Å². The van der Waals surface area contributed by atoms with Crippen LogP contribution in [0.3, 0.4) is 0 Å². The van der Waals surface area contributed by atoms with Crippen LogP contribution in [0.1, 0.15) is 38.5 Å². The number of nitrogens with one attached hydrogen (secondary N) is 2. The van der Waals surface area contributed by atoms with Gasteiger partial charge in [0.05, 0.1) is 10.5 Å². The van der Waals surface area contributed by atoms with Crippen LogP contribution in [-0.4, -0.2) is 21.9 Å². The summed E-state index contributed by atoms with van der Waals surface area (Å²) >= 11 is 0. The molecule has 0 heterocycles.